The van der Waals surface area contributed by atoms with Crippen LogP contribution in [0.2, 0.25) is 0 Å². The predicted molar refractivity (Wildman–Crippen MR) is 61.5 cm³/mol. The maximum atomic E-state index is 12.0. The fraction of sp³-hybridized carbons (Fsp3) is 0.250. The topological polar surface area (TPSA) is 98.2 Å². The molecule has 7 heteroatoms. The van der Waals surface area contributed by atoms with Crippen molar-refractivity contribution in [2.75, 3.05) is 6.54 Å². The number of amides is 3. The van der Waals surface area contributed by atoms with Crippen molar-refractivity contribution in [3.63, 3.8) is 0 Å². The number of hydrogen-bond acceptors (Lipinski definition) is 3. The molecule has 0 aromatic heterocycles. The summed E-state index contributed by atoms with van der Waals surface area (Å²) in [5, 5.41) is 18.4. The molecule has 1 saturated heterocycles. The maximum absolute atomic E-state index is 12.0. The molecule has 98 valence electrons. The quantitative estimate of drug-likeness (QED) is 0.794. The monoisotopic (exact) mass is 262 g/mol. The Morgan fingerprint density at radius 2 is 1.79 bits per heavy atom. The van der Waals surface area contributed by atoms with Gasteiger partial charge in [0, 0.05) is 6.54 Å². The molecule has 2 aliphatic heterocycles. The standard InChI is InChI=1S/C12H10N2O5/c15-10(16)9-7-4-2-1-3-6(7)8-5-13(9)11(17)14(8)12(18)19/h1-4,8-9H,5H2,(H,15,16)(H,18,19)/t8-,9-/m1/s1. The zero-order valence-electron chi connectivity index (χ0n) is 9.68. The van der Waals surface area contributed by atoms with Gasteiger partial charge in [0.1, 0.15) is 0 Å². The summed E-state index contributed by atoms with van der Waals surface area (Å²) in [4.78, 5) is 36.3. The summed E-state index contributed by atoms with van der Waals surface area (Å²) in [7, 11) is 0. The molecule has 1 fully saturated rings. The van der Waals surface area contributed by atoms with E-state index in [0.717, 1.165) is 4.90 Å². The first kappa shape index (κ1) is 11.5. The van der Waals surface area contributed by atoms with Crippen molar-refractivity contribution in [1.82, 2.24) is 9.80 Å². The highest BCUT2D eigenvalue weighted by Crippen LogP contribution is 2.43. The number of fused-ring (bicyclic) bond motifs is 4. The molecule has 0 radical (unpaired) electrons. The van der Waals surface area contributed by atoms with Crippen LogP contribution in [0.3, 0.4) is 0 Å². The van der Waals surface area contributed by atoms with Crippen molar-refractivity contribution in [3.05, 3.63) is 35.4 Å². The number of carbonyl (C=O) groups is 3. The third kappa shape index (κ3) is 1.41. The van der Waals surface area contributed by atoms with Crippen LogP contribution in [-0.4, -0.2) is 44.7 Å². The van der Waals surface area contributed by atoms with E-state index in [0.29, 0.717) is 16.0 Å². The highest BCUT2D eigenvalue weighted by molar-refractivity contribution is 5.96. The van der Waals surface area contributed by atoms with E-state index in [-0.39, 0.29) is 6.54 Å². The van der Waals surface area contributed by atoms with E-state index in [2.05, 4.69) is 0 Å². The van der Waals surface area contributed by atoms with Crippen molar-refractivity contribution >= 4 is 18.1 Å². The molecule has 2 bridgehead atoms. The number of urea groups is 1. The summed E-state index contributed by atoms with van der Waals surface area (Å²) < 4.78 is 0. The largest absolute Gasteiger partial charge is 0.479 e. The first-order chi connectivity index (χ1) is 9.02. The number of benzene rings is 1. The van der Waals surface area contributed by atoms with Gasteiger partial charge in [-0.25, -0.2) is 19.3 Å². The molecule has 0 aliphatic carbocycles. The molecule has 2 N–H and O–H groups in total. The number of carbonyl (C=O) groups excluding carboxylic acids is 1. The van der Waals surface area contributed by atoms with Gasteiger partial charge in [-0.1, -0.05) is 24.3 Å². The number of carboxylic acid groups (broad SMARTS) is 2. The number of hydrogen-bond donors (Lipinski definition) is 2. The molecule has 3 rings (SSSR count). The fourth-order valence-corrected chi connectivity index (χ4v) is 2.78. The van der Waals surface area contributed by atoms with E-state index < -0.39 is 30.2 Å². The zero-order chi connectivity index (χ0) is 13.7. The van der Waals surface area contributed by atoms with Gasteiger partial charge in [-0.2, -0.15) is 0 Å². The molecule has 0 saturated carbocycles. The highest BCUT2D eigenvalue weighted by atomic mass is 16.4. The summed E-state index contributed by atoms with van der Waals surface area (Å²) in [6.07, 6.45) is -1.36. The van der Waals surface area contributed by atoms with Crippen LogP contribution in [0.4, 0.5) is 9.59 Å². The molecule has 19 heavy (non-hydrogen) atoms. The summed E-state index contributed by atoms with van der Waals surface area (Å²) in [6, 6.07) is 4.14. The summed E-state index contributed by atoms with van der Waals surface area (Å²) in [5.41, 5.74) is 1.06. The molecule has 2 atom stereocenters. The van der Waals surface area contributed by atoms with Gasteiger partial charge in [0.2, 0.25) is 0 Å². The molecule has 0 spiro atoms. The molecule has 2 aliphatic rings. The fourth-order valence-electron chi connectivity index (χ4n) is 2.78. The van der Waals surface area contributed by atoms with Crippen LogP contribution in [0.25, 0.3) is 0 Å². The number of carboxylic acids is 1. The maximum Gasteiger partial charge on any atom is 0.416 e. The van der Waals surface area contributed by atoms with Crippen LogP contribution in [0, 0.1) is 0 Å². The lowest BCUT2D eigenvalue weighted by molar-refractivity contribution is -0.142. The molecule has 1 aromatic rings. The normalized spacial score (nSPS) is 24.3. The Hall–Kier alpha value is -2.57. The van der Waals surface area contributed by atoms with Crippen LogP contribution in [0.15, 0.2) is 24.3 Å². The average molecular weight is 262 g/mol. The Morgan fingerprint density at radius 1 is 1.16 bits per heavy atom. The van der Waals surface area contributed by atoms with E-state index in [1.807, 2.05) is 0 Å². The molecule has 2 heterocycles. The molecule has 1 aromatic carbocycles. The second kappa shape index (κ2) is 3.71. The zero-order valence-corrected chi connectivity index (χ0v) is 9.68. The van der Waals surface area contributed by atoms with Gasteiger partial charge < -0.3 is 15.1 Å². The highest BCUT2D eigenvalue weighted by Gasteiger charge is 2.52. The molecule has 0 unspecified atom stereocenters. The third-order valence-electron chi connectivity index (χ3n) is 3.53. The molecular weight excluding hydrogens is 252 g/mol. The molecular formula is C12H10N2O5. The van der Waals surface area contributed by atoms with Crippen LogP contribution >= 0.6 is 0 Å². The minimum atomic E-state index is -1.36. The predicted octanol–water partition coefficient (Wildman–Crippen LogP) is 1.28. The van der Waals surface area contributed by atoms with Gasteiger partial charge in [0.15, 0.2) is 6.04 Å². The number of nitrogens with zero attached hydrogens (tertiary/aromatic N) is 2. The minimum absolute atomic E-state index is 0.0825. The molecule has 3 amide bonds. The minimum Gasteiger partial charge on any atom is -0.479 e. The lowest BCUT2D eigenvalue weighted by atomic mass is 9.91. The van der Waals surface area contributed by atoms with Crippen LogP contribution in [0.5, 0.6) is 0 Å². The summed E-state index contributed by atoms with van der Waals surface area (Å²) in [6.45, 7) is 0.0825. The first-order valence-electron chi connectivity index (χ1n) is 5.66. The first-order valence-corrected chi connectivity index (χ1v) is 5.66. The Labute approximate surface area is 107 Å². The lowest BCUT2D eigenvalue weighted by Crippen LogP contribution is -2.39. The van der Waals surface area contributed by atoms with Crippen molar-refractivity contribution in [2.24, 2.45) is 0 Å². The van der Waals surface area contributed by atoms with Crippen molar-refractivity contribution in [3.8, 4) is 0 Å². The van der Waals surface area contributed by atoms with Crippen LogP contribution in [-0.2, 0) is 4.79 Å². The van der Waals surface area contributed by atoms with E-state index >= 15 is 0 Å². The Balaban J connectivity index is 2.20. The third-order valence-corrected chi connectivity index (χ3v) is 3.53. The number of aliphatic carboxylic acids is 1. The molecule has 7 nitrogen and oxygen atoms in total. The van der Waals surface area contributed by atoms with Crippen molar-refractivity contribution in [1.29, 1.82) is 0 Å². The van der Waals surface area contributed by atoms with E-state index in [9.17, 15) is 19.5 Å². The van der Waals surface area contributed by atoms with Gasteiger partial charge >= 0.3 is 18.1 Å². The Morgan fingerprint density at radius 3 is 2.37 bits per heavy atom. The SMILES string of the molecule is O=C(O)[C@H]1c2ccccc2[C@H]2CN1C(=O)N2C(=O)O. The Bertz CT molecular complexity index is 600. The Kier molecular flexibility index (Phi) is 2.25. The lowest BCUT2D eigenvalue weighted by Gasteiger charge is -2.29. The van der Waals surface area contributed by atoms with Crippen molar-refractivity contribution in [2.45, 2.75) is 12.1 Å². The van der Waals surface area contributed by atoms with Crippen molar-refractivity contribution < 1.29 is 24.6 Å². The van der Waals surface area contributed by atoms with Gasteiger partial charge in [-0.05, 0) is 11.1 Å². The van der Waals surface area contributed by atoms with Crippen LogP contribution < -0.4 is 0 Å². The summed E-state index contributed by atoms with van der Waals surface area (Å²) in [5.74, 6) is -1.16. The second-order valence-corrected chi connectivity index (χ2v) is 4.47. The number of rotatable bonds is 1. The summed E-state index contributed by atoms with van der Waals surface area (Å²) >= 11 is 0. The van der Waals surface area contributed by atoms with Gasteiger partial charge in [0.25, 0.3) is 0 Å². The van der Waals surface area contributed by atoms with Gasteiger partial charge in [0.05, 0.1) is 6.04 Å². The smallest absolute Gasteiger partial charge is 0.416 e. The van der Waals surface area contributed by atoms with Gasteiger partial charge in [-0.15, -0.1) is 0 Å². The van der Waals surface area contributed by atoms with E-state index in [4.69, 9.17) is 5.11 Å². The average Bonchev–Trinajstić information content (AvgIpc) is 2.64. The van der Waals surface area contributed by atoms with E-state index in [1.54, 1.807) is 24.3 Å². The number of imide groups is 1. The van der Waals surface area contributed by atoms with Crippen LogP contribution in [0.1, 0.15) is 23.2 Å². The van der Waals surface area contributed by atoms with E-state index in [1.165, 1.54) is 0 Å². The second-order valence-electron chi connectivity index (χ2n) is 4.47. The van der Waals surface area contributed by atoms with Gasteiger partial charge in [-0.3, -0.25) is 0 Å².